The maximum atomic E-state index is 13.0. The highest BCUT2D eigenvalue weighted by atomic mass is 35.5. The third-order valence-electron chi connectivity index (χ3n) is 4.47. The van der Waals surface area contributed by atoms with Crippen LogP contribution in [0.15, 0.2) is 54.6 Å². The zero-order valence-electron chi connectivity index (χ0n) is 14.4. The molecule has 0 saturated heterocycles. The molecule has 0 aromatic heterocycles. The first kappa shape index (κ1) is 16.7. The molecule has 4 rings (SSSR count). The molecule has 3 aromatic rings. The fourth-order valence-corrected chi connectivity index (χ4v) is 3.32. The number of benzene rings is 3. The number of amides is 1. The molecule has 5 heteroatoms. The van der Waals surface area contributed by atoms with Gasteiger partial charge in [-0.15, -0.1) is 0 Å². The van der Waals surface area contributed by atoms with E-state index in [-0.39, 0.29) is 5.91 Å². The number of hydrogen-bond donors (Lipinski definition) is 0. The molecule has 0 aliphatic carbocycles. The van der Waals surface area contributed by atoms with Crippen LogP contribution in [0, 0.1) is 0 Å². The number of hydrogen-bond acceptors (Lipinski definition) is 3. The Bertz CT molecular complexity index is 986. The Hall–Kier alpha value is -2.72. The number of carbonyl (C=O) groups excluding carboxylic acids is 1. The predicted molar refractivity (Wildman–Crippen MR) is 104 cm³/mol. The van der Waals surface area contributed by atoms with Crippen LogP contribution in [0.5, 0.6) is 11.5 Å². The van der Waals surface area contributed by atoms with Crippen LogP contribution in [0.4, 0.5) is 5.69 Å². The minimum absolute atomic E-state index is 0.155. The molecule has 1 amide bonds. The van der Waals surface area contributed by atoms with Crippen molar-refractivity contribution >= 4 is 34.0 Å². The molecule has 0 N–H and O–H groups in total. The van der Waals surface area contributed by atoms with Gasteiger partial charge in [0, 0.05) is 24.7 Å². The summed E-state index contributed by atoms with van der Waals surface area (Å²) in [5.74, 6) is 0.872. The summed E-state index contributed by atoms with van der Waals surface area (Å²) in [5.41, 5.74) is 1.28. The van der Waals surface area contributed by atoms with E-state index in [1.807, 2.05) is 42.5 Å². The van der Waals surface area contributed by atoms with Crippen molar-refractivity contribution in [3.63, 3.8) is 0 Å². The van der Waals surface area contributed by atoms with Crippen LogP contribution in [-0.4, -0.2) is 26.2 Å². The lowest BCUT2D eigenvalue weighted by Gasteiger charge is -2.19. The van der Waals surface area contributed by atoms with E-state index in [0.717, 1.165) is 22.9 Å². The van der Waals surface area contributed by atoms with Gasteiger partial charge in [-0.1, -0.05) is 41.9 Å². The molecule has 3 aromatic carbocycles. The molecule has 0 radical (unpaired) electrons. The van der Waals surface area contributed by atoms with Gasteiger partial charge in [0.1, 0.15) is 0 Å². The molecule has 1 heterocycles. The van der Waals surface area contributed by atoms with Crippen LogP contribution < -0.4 is 14.4 Å². The van der Waals surface area contributed by atoms with Crippen molar-refractivity contribution in [1.82, 2.24) is 0 Å². The Morgan fingerprint density at radius 1 is 1.00 bits per heavy atom. The first-order chi connectivity index (χ1) is 12.6. The van der Waals surface area contributed by atoms with E-state index in [0.29, 0.717) is 35.3 Å². The number of halogens is 1. The first-order valence-electron chi connectivity index (χ1n) is 8.49. The maximum Gasteiger partial charge on any atom is 0.258 e. The van der Waals surface area contributed by atoms with E-state index in [1.54, 1.807) is 24.1 Å². The van der Waals surface area contributed by atoms with E-state index < -0.39 is 0 Å². The Morgan fingerprint density at radius 2 is 1.77 bits per heavy atom. The van der Waals surface area contributed by atoms with Crippen LogP contribution in [0.3, 0.4) is 0 Å². The summed E-state index contributed by atoms with van der Waals surface area (Å²) in [5, 5.41) is 2.61. The highest BCUT2D eigenvalue weighted by Crippen LogP contribution is 2.38. The van der Waals surface area contributed by atoms with Crippen LogP contribution in [0.25, 0.3) is 10.8 Å². The molecule has 132 valence electrons. The van der Waals surface area contributed by atoms with Gasteiger partial charge in [0.25, 0.3) is 5.91 Å². The van der Waals surface area contributed by atoms with E-state index in [2.05, 4.69) is 0 Å². The lowest BCUT2D eigenvalue weighted by Crippen LogP contribution is -2.26. The van der Waals surface area contributed by atoms with Crippen LogP contribution in [0.2, 0.25) is 5.02 Å². The number of fused-ring (bicyclic) bond motifs is 2. The van der Waals surface area contributed by atoms with Gasteiger partial charge in [-0.25, -0.2) is 0 Å². The fraction of sp³-hybridized carbons (Fsp3) is 0.190. The van der Waals surface area contributed by atoms with E-state index in [1.165, 1.54) is 0 Å². The highest BCUT2D eigenvalue weighted by Gasteiger charge is 2.21. The molecular weight excluding hydrogens is 350 g/mol. The number of rotatable bonds is 2. The number of anilines is 1. The van der Waals surface area contributed by atoms with Gasteiger partial charge in [0.2, 0.25) is 0 Å². The lowest BCUT2D eigenvalue weighted by atomic mass is 10.1. The van der Waals surface area contributed by atoms with E-state index in [9.17, 15) is 4.79 Å². The maximum absolute atomic E-state index is 13.0. The fourth-order valence-electron chi connectivity index (χ4n) is 3.05. The molecule has 0 unspecified atom stereocenters. The summed E-state index contributed by atoms with van der Waals surface area (Å²) in [4.78, 5) is 14.6. The Balaban J connectivity index is 1.67. The van der Waals surface area contributed by atoms with Gasteiger partial charge in [-0.2, -0.15) is 0 Å². The third-order valence-corrected chi connectivity index (χ3v) is 4.75. The molecule has 0 fully saturated rings. The Kier molecular flexibility index (Phi) is 4.43. The average molecular weight is 368 g/mol. The van der Waals surface area contributed by atoms with Gasteiger partial charge >= 0.3 is 0 Å². The van der Waals surface area contributed by atoms with Gasteiger partial charge in [0.05, 0.1) is 18.2 Å². The Morgan fingerprint density at radius 3 is 2.62 bits per heavy atom. The summed E-state index contributed by atoms with van der Waals surface area (Å²) >= 11 is 6.32. The SMILES string of the molecule is CN(C(=O)c1cc(Cl)c2c(c1)OCCCO2)c1ccc2ccccc2c1. The Labute approximate surface area is 156 Å². The summed E-state index contributed by atoms with van der Waals surface area (Å²) < 4.78 is 11.3. The standard InChI is InChI=1S/C21H18ClNO3/c1-23(17-8-7-14-5-2-3-6-15(14)11-17)21(24)16-12-18(22)20-19(13-16)25-9-4-10-26-20/h2-3,5-8,11-13H,4,9-10H2,1H3. The monoisotopic (exact) mass is 367 g/mol. The average Bonchev–Trinajstić information content (AvgIpc) is 2.92. The molecule has 4 nitrogen and oxygen atoms in total. The van der Waals surface area contributed by atoms with E-state index in [4.69, 9.17) is 21.1 Å². The second-order valence-corrected chi connectivity index (χ2v) is 6.64. The molecule has 0 bridgehead atoms. The molecule has 0 spiro atoms. The zero-order chi connectivity index (χ0) is 18.1. The van der Waals surface area contributed by atoms with Crippen LogP contribution in [0.1, 0.15) is 16.8 Å². The first-order valence-corrected chi connectivity index (χ1v) is 8.87. The quantitative estimate of drug-likeness (QED) is 0.644. The van der Waals surface area contributed by atoms with Gasteiger partial charge < -0.3 is 14.4 Å². The molecule has 1 aliphatic rings. The normalized spacial score (nSPS) is 13.3. The van der Waals surface area contributed by atoms with Crippen molar-refractivity contribution in [1.29, 1.82) is 0 Å². The van der Waals surface area contributed by atoms with Gasteiger partial charge in [-0.05, 0) is 35.0 Å². The van der Waals surface area contributed by atoms with Crippen molar-refractivity contribution in [2.45, 2.75) is 6.42 Å². The van der Waals surface area contributed by atoms with Crippen molar-refractivity contribution in [3.05, 3.63) is 65.2 Å². The minimum Gasteiger partial charge on any atom is -0.489 e. The molecule has 0 saturated carbocycles. The van der Waals surface area contributed by atoms with Crippen LogP contribution >= 0.6 is 11.6 Å². The van der Waals surface area contributed by atoms with Crippen LogP contribution in [-0.2, 0) is 0 Å². The third kappa shape index (κ3) is 3.08. The largest absolute Gasteiger partial charge is 0.489 e. The molecule has 26 heavy (non-hydrogen) atoms. The molecule has 0 atom stereocenters. The summed E-state index contributed by atoms with van der Waals surface area (Å²) in [6.45, 7) is 1.10. The van der Waals surface area contributed by atoms with Crippen molar-refractivity contribution in [2.24, 2.45) is 0 Å². The van der Waals surface area contributed by atoms with Gasteiger partial charge in [-0.3, -0.25) is 4.79 Å². The van der Waals surface area contributed by atoms with E-state index >= 15 is 0 Å². The zero-order valence-corrected chi connectivity index (χ0v) is 15.1. The highest BCUT2D eigenvalue weighted by molar-refractivity contribution is 6.32. The molecule has 1 aliphatic heterocycles. The summed E-state index contributed by atoms with van der Waals surface area (Å²) in [6, 6.07) is 17.3. The summed E-state index contributed by atoms with van der Waals surface area (Å²) in [6.07, 6.45) is 0.783. The summed E-state index contributed by atoms with van der Waals surface area (Å²) in [7, 11) is 1.75. The second kappa shape index (κ2) is 6.89. The number of nitrogens with zero attached hydrogens (tertiary/aromatic N) is 1. The number of ether oxygens (including phenoxy) is 2. The van der Waals surface area contributed by atoms with Crippen molar-refractivity contribution in [3.8, 4) is 11.5 Å². The lowest BCUT2D eigenvalue weighted by molar-refractivity contribution is 0.0992. The smallest absolute Gasteiger partial charge is 0.258 e. The second-order valence-electron chi connectivity index (χ2n) is 6.23. The molecular formula is C21H18ClNO3. The minimum atomic E-state index is -0.155. The predicted octanol–water partition coefficient (Wildman–Crippen LogP) is 4.93. The van der Waals surface area contributed by atoms with Gasteiger partial charge in [0.15, 0.2) is 11.5 Å². The topological polar surface area (TPSA) is 38.8 Å². The van der Waals surface area contributed by atoms with Crippen molar-refractivity contribution in [2.75, 3.05) is 25.2 Å². The van der Waals surface area contributed by atoms with Crippen molar-refractivity contribution < 1.29 is 14.3 Å². The number of carbonyl (C=O) groups is 1.